The van der Waals surface area contributed by atoms with Gasteiger partial charge in [0.25, 0.3) is 5.91 Å². The van der Waals surface area contributed by atoms with Crippen LogP contribution in [-0.2, 0) is 14.3 Å². The molecule has 0 aliphatic rings. The molecular weight excluding hydrogens is 350 g/mol. The molecule has 2 rings (SSSR count). The molecule has 146 valence electrons. The molecule has 0 radical (unpaired) electrons. The summed E-state index contributed by atoms with van der Waals surface area (Å²) >= 11 is 0. The van der Waals surface area contributed by atoms with Crippen molar-refractivity contribution in [2.75, 3.05) is 13.7 Å². The third-order valence-corrected chi connectivity index (χ3v) is 4.66. The van der Waals surface area contributed by atoms with Crippen molar-refractivity contribution in [3.05, 3.63) is 39.7 Å². The second kappa shape index (κ2) is 8.70. The zero-order valence-electron chi connectivity index (χ0n) is 16.3. The molecule has 1 aromatic carbocycles. The molecule has 7 nitrogen and oxygen atoms in total. The van der Waals surface area contributed by atoms with Gasteiger partial charge in [0, 0.05) is 17.0 Å². The summed E-state index contributed by atoms with van der Waals surface area (Å²) in [6.07, 6.45) is 0.711. The number of fused-ring (bicyclic) bond motifs is 1. The van der Waals surface area contributed by atoms with Crippen molar-refractivity contribution in [2.45, 2.75) is 40.2 Å². The van der Waals surface area contributed by atoms with Crippen molar-refractivity contribution in [1.82, 2.24) is 5.32 Å². The fraction of sp³-hybridized carbons (Fsp3) is 0.450. The smallest absolute Gasteiger partial charge is 0.336 e. The monoisotopic (exact) mass is 375 g/mol. The molecule has 0 spiro atoms. The topological polar surface area (TPSA) is 94.8 Å². The van der Waals surface area contributed by atoms with Gasteiger partial charge in [-0.3, -0.25) is 4.79 Å². The van der Waals surface area contributed by atoms with Crippen molar-refractivity contribution in [2.24, 2.45) is 5.92 Å². The van der Waals surface area contributed by atoms with Gasteiger partial charge in [-0.2, -0.15) is 0 Å². The fourth-order valence-electron chi connectivity index (χ4n) is 2.81. The Morgan fingerprint density at radius 3 is 2.59 bits per heavy atom. The summed E-state index contributed by atoms with van der Waals surface area (Å²) < 4.78 is 15.6. The van der Waals surface area contributed by atoms with E-state index in [0.717, 1.165) is 10.9 Å². The Morgan fingerprint density at radius 2 is 1.96 bits per heavy atom. The van der Waals surface area contributed by atoms with Gasteiger partial charge >= 0.3 is 11.6 Å². The lowest BCUT2D eigenvalue weighted by atomic mass is 9.99. The number of hydrogen-bond donors (Lipinski definition) is 1. The summed E-state index contributed by atoms with van der Waals surface area (Å²) in [5.74, 6) is -0.557. The maximum absolute atomic E-state index is 12.2. The van der Waals surface area contributed by atoms with Crippen molar-refractivity contribution >= 4 is 22.8 Å². The van der Waals surface area contributed by atoms with E-state index in [-0.39, 0.29) is 12.5 Å². The molecule has 0 fully saturated rings. The van der Waals surface area contributed by atoms with Gasteiger partial charge in [0.2, 0.25) is 0 Å². The van der Waals surface area contributed by atoms with Crippen LogP contribution >= 0.6 is 0 Å². The molecule has 0 saturated heterocycles. The Labute approximate surface area is 157 Å². The molecule has 1 amide bonds. The van der Waals surface area contributed by atoms with Gasteiger partial charge in [0.15, 0.2) is 6.61 Å². The maximum atomic E-state index is 12.2. The molecule has 27 heavy (non-hydrogen) atoms. The van der Waals surface area contributed by atoms with E-state index in [1.807, 2.05) is 20.8 Å². The van der Waals surface area contributed by atoms with E-state index in [2.05, 4.69) is 5.32 Å². The first kappa shape index (κ1) is 20.5. The molecule has 7 heteroatoms. The highest BCUT2D eigenvalue weighted by molar-refractivity contribution is 5.86. The Balaban J connectivity index is 2.14. The van der Waals surface area contributed by atoms with Gasteiger partial charge in [-0.25, -0.2) is 9.59 Å². The highest BCUT2D eigenvalue weighted by Gasteiger charge is 2.26. The third-order valence-electron chi connectivity index (χ3n) is 4.66. The lowest BCUT2D eigenvalue weighted by molar-refractivity contribution is -0.146. The molecule has 2 atom stereocenters. The average molecular weight is 375 g/mol. The molecular formula is C20H25NO6. The standard InChI is InChI=1S/C20H25NO6/c1-6-11(2)18(20(24)25-5)21-16(22)10-26-15-8-7-14-12(3)9-17(23)27-19(14)13(15)4/h7-9,11,18H,6,10H2,1-5H3,(H,21,22)/t11-,18-/m1/s1. The molecule has 0 aliphatic heterocycles. The van der Waals surface area contributed by atoms with E-state index in [1.54, 1.807) is 19.1 Å². The van der Waals surface area contributed by atoms with Crippen LogP contribution in [0.5, 0.6) is 5.75 Å². The molecule has 1 aromatic heterocycles. The van der Waals surface area contributed by atoms with E-state index in [1.165, 1.54) is 13.2 Å². The van der Waals surface area contributed by atoms with Gasteiger partial charge in [-0.05, 0) is 37.5 Å². The predicted octanol–water partition coefficient (Wildman–Crippen LogP) is 2.49. The summed E-state index contributed by atoms with van der Waals surface area (Å²) in [5.41, 5.74) is 1.44. The number of aryl methyl sites for hydroxylation is 2. The van der Waals surface area contributed by atoms with Gasteiger partial charge in [0.1, 0.15) is 17.4 Å². The summed E-state index contributed by atoms with van der Waals surface area (Å²) in [6, 6.07) is 4.21. The Hall–Kier alpha value is -2.83. The third kappa shape index (κ3) is 4.67. The first-order chi connectivity index (χ1) is 12.8. The minimum atomic E-state index is -0.727. The summed E-state index contributed by atoms with van der Waals surface area (Å²) in [4.78, 5) is 35.7. The Morgan fingerprint density at radius 1 is 1.26 bits per heavy atom. The van der Waals surface area contributed by atoms with Crippen molar-refractivity contribution in [3.63, 3.8) is 0 Å². The lowest BCUT2D eigenvalue weighted by Gasteiger charge is -2.22. The van der Waals surface area contributed by atoms with Crippen LogP contribution in [0.4, 0.5) is 0 Å². The number of carbonyl (C=O) groups excluding carboxylic acids is 2. The number of benzene rings is 1. The van der Waals surface area contributed by atoms with E-state index in [4.69, 9.17) is 13.9 Å². The number of carbonyl (C=O) groups is 2. The Kier molecular flexibility index (Phi) is 6.60. The van der Waals surface area contributed by atoms with Crippen molar-refractivity contribution < 1.29 is 23.5 Å². The van der Waals surface area contributed by atoms with Crippen LogP contribution in [-0.4, -0.2) is 31.6 Å². The van der Waals surface area contributed by atoms with Crippen LogP contribution in [0, 0.1) is 19.8 Å². The molecule has 0 bridgehead atoms. The van der Waals surface area contributed by atoms with E-state index in [0.29, 0.717) is 23.3 Å². The zero-order chi connectivity index (χ0) is 20.1. The molecule has 1 N–H and O–H groups in total. The number of methoxy groups -OCH3 is 1. The SMILES string of the molecule is CC[C@@H](C)[C@@H](NC(=O)COc1ccc2c(C)cc(=O)oc2c1C)C(=O)OC. The largest absolute Gasteiger partial charge is 0.483 e. The van der Waals surface area contributed by atoms with E-state index >= 15 is 0 Å². The normalized spacial score (nSPS) is 13.1. The van der Waals surface area contributed by atoms with Crippen LogP contribution in [0.2, 0.25) is 0 Å². The molecule has 0 aliphatic carbocycles. The van der Waals surface area contributed by atoms with Crippen LogP contribution in [0.25, 0.3) is 11.0 Å². The van der Waals surface area contributed by atoms with Crippen LogP contribution in [0.1, 0.15) is 31.4 Å². The van der Waals surface area contributed by atoms with Gasteiger partial charge in [-0.15, -0.1) is 0 Å². The number of rotatable bonds is 7. The summed E-state index contributed by atoms with van der Waals surface area (Å²) in [7, 11) is 1.29. The maximum Gasteiger partial charge on any atom is 0.336 e. The van der Waals surface area contributed by atoms with E-state index in [9.17, 15) is 14.4 Å². The van der Waals surface area contributed by atoms with Crippen LogP contribution in [0.3, 0.4) is 0 Å². The van der Waals surface area contributed by atoms with Crippen molar-refractivity contribution in [1.29, 1.82) is 0 Å². The minimum Gasteiger partial charge on any atom is -0.483 e. The molecule has 0 unspecified atom stereocenters. The summed E-state index contributed by atoms with van der Waals surface area (Å²) in [6.45, 7) is 7.10. The molecule has 2 aromatic rings. The first-order valence-electron chi connectivity index (χ1n) is 8.82. The van der Waals surface area contributed by atoms with Gasteiger partial charge in [0.05, 0.1) is 7.11 Å². The zero-order valence-corrected chi connectivity index (χ0v) is 16.3. The molecule has 0 saturated carbocycles. The number of hydrogen-bond acceptors (Lipinski definition) is 6. The first-order valence-corrected chi connectivity index (χ1v) is 8.82. The number of nitrogens with one attached hydrogen (secondary N) is 1. The van der Waals surface area contributed by atoms with Crippen molar-refractivity contribution in [3.8, 4) is 5.75 Å². The van der Waals surface area contributed by atoms with Crippen LogP contribution in [0.15, 0.2) is 27.4 Å². The molecule has 1 heterocycles. The number of esters is 1. The summed E-state index contributed by atoms with van der Waals surface area (Å²) in [5, 5.41) is 3.46. The highest BCUT2D eigenvalue weighted by Crippen LogP contribution is 2.28. The predicted molar refractivity (Wildman–Crippen MR) is 101 cm³/mol. The minimum absolute atomic E-state index is 0.0685. The average Bonchev–Trinajstić information content (AvgIpc) is 2.64. The quantitative estimate of drug-likeness (QED) is 0.590. The highest BCUT2D eigenvalue weighted by atomic mass is 16.5. The van der Waals surface area contributed by atoms with Gasteiger partial charge in [-0.1, -0.05) is 20.3 Å². The second-order valence-electron chi connectivity index (χ2n) is 6.56. The van der Waals surface area contributed by atoms with Gasteiger partial charge < -0.3 is 19.2 Å². The number of ether oxygens (including phenoxy) is 2. The Bertz CT molecular complexity index is 901. The number of amides is 1. The second-order valence-corrected chi connectivity index (χ2v) is 6.56. The van der Waals surface area contributed by atoms with Crippen LogP contribution < -0.4 is 15.7 Å². The lowest BCUT2D eigenvalue weighted by Crippen LogP contribution is -2.47. The fourth-order valence-corrected chi connectivity index (χ4v) is 2.81. The van der Waals surface area contributed by atoms with E-state index < -0.39 is 23.5 Å².